The van der Waals surface area contributed by atoms with Gasteiger partial charge in [-0.15, -0.1) is 0 Å². The third-order valence-corrected chi connectivity index (χ3v) is 4.47. The Hall–Kier alpha value is -3.93. The van der Waals surface area contributed by atoms with Crippen LogP contribution in [0.5, 0.6) is 0 Å². The van der Waals surface area contributed by atoms with E-state index in [4.69, 9.17) is 4.74 Å². The summed E-state index contributed by atoms with van der Waals surface area (Å²) in [6.07, 6.45) is 0. The van der Waals surface area contributed by atoms with Gasteiger partial charge in [-0.2, -0.15) is 0 Å². The maximum Gasteiger partial charge on any atom is 0.302 e. The Kier molecular flexibility index (Phi) is 13.8. The van der Waals surface area contributed by atoms with Gasteiger partial charge < -0.3 is 15.0 Å². The fourth-order valence-corrected chi connectivity index (χ4v) is 2.55. The largest absolute Gasteiger partial charge is 0.461 e. The van der Waals surface area contributed by atoms with Crippen LogP contribution in [0.2, 0.25) is 0 Å². The summed E-state index contributed by atoms with van der Waals surface area (Å²) >= 11 is 0. The van der Waals surface area contributed by atoms with Gasteiger partial charge in [-0.05, 0) is 16.7 Å². The van der Waals surface area contributed by atoms with Gasteiger partial charge >= 0.3 is 5.97 Å². The lowest BCUT2D eigenvalue weighted by Gasteiger charge is -2.14. The Labute approximate surface area is 202 Å². The third kappa shape index (κ3) is 14.2. The van der Waals surface area contributed by atoms with Gasteiger partial charge in [0, 0.05) is 40.9 Å². The SMILES string of the molecule is CC(=O)N(C)Cc1ccccc1.CC(=O)NCc1ccccc1.CC(=O)OCc1ccccc1. The van der Waals surface area contributed by atoms with Gasteiger partial charge in [0.2, 0.25) is 11.8 Å². The highest BCUT2D eigenvalue weighted by molar-refractivity contribution is 5.73. The van der Waals surface area contributed by atoms with E-state index in [2.05, 4.69) is 5.32 Å². The van der Waals surface area contributed by atoms with Crippen molar-refractivity contribution in [2.45, 2.75) is 40.5 Å². The molecular formula is C28H34N2O4. The molecule has 6 heteroatoms. The minimum absolute atomic E-state index is 0.00820. The van der Waals surface area contributed by atoms with Crippen molar-refractivity contribution >= 4 is 17.8 Å². The molecule has 0 saturated heterocycles. The molecule has 0 fully saturated rings. The van der Waals surface area contributed by atoms with E-state index in [1.54, 1.807) is 18.9 Å². The van der Waals surface area contributed by atoms with Crippen molar-refractivity contribution in [2.24, 2.45) is 0 Å². The van der Waals surface area contributed by atoms with Gasteiger partial charge in [0.05, 0.1) is 0 Å². The first-order chi connectivity index (χ1) is 16.3. The summed E-state index contributed by atoms with van der Waals surface area (Å²) in [7, 11) is 1.80. The maximum absolute atomic E-state index is 10.9. The van der Waals surface area contributed by atoms with E-state index in [1.165, 1.54) is 13.8 Å². The molecule has 0 bridgehead atoms. The topological polar surface area (TPSA) is 75.7 Å². The number of esters is 1. The zero-order valence-corrected chi connectivity index (χ0v) is 20.4. The van der Waals surface area contributed by atoms with Gasteiger partial charge in [-0.1, -0.05) is 91.0 Å². The molecule has 0 saturated carbocycles. The molecule has 0 atom stereocenters. The van der Waals surface area contributed by atoms with Crippen LogP contribution in [0.4, 0.5) is 0 Å². The van der Waals surface area contributed by atoms with Crippen LogP contribution in [0.15, 0.2) is 91.0 Å². The number of carbonyl (C=O) groups is 3. The third-order valence-electron chi connectivity index (χ3n) is 4.47. The molecule has 6 nitrogen and oxygen atoms in total. The highest BCUT2D eigenvalue weighted by Crippen LogP contribution is 2.02. The predicted molar refractivity (Wildman–Crippen MR) is 134 cm³/mol. The minimum Gasteiger partial charge on any atom is -0.461 e. The molecule has 3 aromatic carbocycles. The van der Waals surface area contributed by atoms with Gasteiger partial charge in [-0.25, -0.2) is 0 Å². The van der Waals surface area contributed by atoms with E-state index in [9.17, 15) is 14.4 Å². The number of rotatable bonds is 6. The number of benzene rings is 3. The number of amides is 2. The summed E-state index contributed by atoms with van der Waals surface area (Å²) in [5, 5.41) is 2.72. The van der Waals surface area contributed by atoms with Crippen molar-refractivity contribution in [3.8, 4) is 0 Å². The quantitative estimate of drug-likeness (QED) is 0.537. The lowest BCUT2D eigenvalue weighted by molar-refractivity contribution is -0.142. The Morgan fingerprint density at radius 1 is 0.706 bits per heavy atom. The summed E-state index contributed by atoms with van der Waals surface area (Å²) in [6, 6.07) is 29.4. The first-order valence-corrected chi connectivity index (χ1v) is 11.0. The Morgan fingerprint density at radius 2 is 1.15 bits per heavy atom. The van der Waals surface area contributed by atoms with E-state index in [0.29, 0.717) is 19.7 Å². The number of hydrogen-bond acceptors (Lipinski definition) is 4. The van der Waals surface area contributed by atoms with E-state index in [-0.39, 0.29) is 17.8 Å². The van der Waals surface area contributed by atoms with Crippen LogP contribution in [0.1, 0.15) is 37.5 Å². The van der Waals surface area contributed by atoms with Crippen molar-refractivity contribution in [3.63, 3.8) is 0 Å². The molecule has 180 valence electrons. The molecule has 0 heterocycles. The summed E-state index contributed by atoms with van der Waals surface area (Å²) in [6.45, 7) is 6.18. The number of nitrogens with one attached hydrogen (secondary N) is 1. The van der Waals surface area contributed by atoms with Crippen LogP contribution in [0.3, 0.4) is 0 Å². The Bertz CT molecular complexity index is 924. The molecule has 1 N–H and O–H groups in total. The zero-order valence-electron chi connectivity index (χ0n) is 20.4. The maximum atomic E-state index is 10.9. The first-order valence-electron chi connectivity index (χ1n) is 11.0. The van der Waals surface area contributed by atoms with Crippen LogP contribution in [0, 0.1) is 0 Å². The predicted octanol–water partition coefficient (Wildman–Crippen LogP) is 4.74. The number of ether oxygens (including phenoxy) is 1. The van der Waals surface area contributed by atoms with Crippen molar-refractivity contribution in [2.75, 3.05) is 7.05 Å². The highest BCUT2D eigenvalue weighted by atomic mass is 16.5. The van der Waals surface area contributed by atoms with E-state index in [1.807, 2.05) is 91.0 Å². The van der Waals surface area contributed by atoms with Crippen molar-refractivity contribution in [3.05, 3.63) is 108 Å². The van der Waals surface area contributed by atoms with Gasteiger partial charge in [0.1, 0.15) is 6.61 Å². The second-order valence-electron chi connectivity index (χ2n) is 7.52. The molecule has 3 rings (SSSR count). The van der Waals surface area contributed by atoms with Crippen LogP contribution in [0.25, 0.3) is 0 Å². The second kappa shape index (κ2) is 16.7. The summed E-state index contributed by atoms with van der Waals surface area (Å²) < 4.78 is 4.79. The minimum atomic E-state index is -0.242. The Morgan fingerprint density at radius 3 is 1.56 bits per heavy atom. The summed E-state index contributed by atoms with van der Waals surface area (Å²) in [5.74, 6) is -0.137. The molecule has 3 aromatic rings. The fourth-order valence-electron chi connectivity index (χ4n) is 2.55. The molecule has 0 radical (unpaired) electrons. The number of hydrogen-bond donors (Lipinski definition) is 1. The monoisotopic (exact) mass is 462 g/mol. The van der Waals surface area contributed by atoms with Crippen LogP contribution in [-0.2, 0) is 38.8 Å². The number of carbonyl (C=O) groups excluding carboxylic acids is 3. The molecule has 0 aromatic heterocycles. The summed E-state index contributed by atoms with van der Waals surface area (Å²) in [5.41, 5.74) is 3.31. The van der Waals surface area contributed by atoms with Crippen molar-refractivity contribution in [1.82, 2.24) is 10.2 Å². The average molecular weight is 463 g/mol. The van der Waals surface area contributed by atoms with Gasteiger partial charge in [0.25, 0.3) is 0 Å². The molecule has 0 spiro atoms. The smallest absolute Gasteiger partial charge is 0.302 e. The van der Waals surface area contributed by atoms with E-state index >= 15 is 0 Å². The van der Waals surface area contributed by atoms with Crippen LogP contribution in [-0.4, -0.2) is 29.7 Å². The zero-order chi connectivity index (χ0) is 25.2. The van der Waals surface area contributed by atoms with Crippen molar-refractivity contribution in [1.29, 1.82) is 0 Å². The standard InChI is InChI=1S/C10H13NO.C9H11NO.C9H10O2/c1-9(12)11(2)8-10-6-4-3-5-7-10;1-8(11)10-7-9-5-3-2-4-6-9;1-8(10)11-7-9-5-3-2-4-6-9/h3-7H,8H2,1-2H3;2-6H,7H2,1H3,(H,10,11);2-6H,7H2,1H3. The van der Waals surface area contributed by atoms with Crippen molar-refractivity contribution < 1.29 is 19.1 Å². The molecular weight excluding hydrogens is 428 g/mol. The lowest BCUT2D eigenvalue weighted by atomic mass is 10.2. The van der Waals surface area contributed by atoms with Gasteiger partial charge in [0.15, 0.2) is 0 Å². The summed E-state index contributed by atoms with van der Waals surface area (Å²) in [4.78, 5) is 33.5. The fraction of sp³-hybridized carbons (Fsp3) is 0.250. The molecule has 0 aliphatic carbocycles. The highest BCUT2D eigenvalue weighted by Gasteiger charge is 2.01. The van der Waals surface area contributed by atoms with Crippen LogP contribution >= 0.6 is 0 Å². The number of nitrogens with zero attached hydrogens (tertiary/aromatic N) is 1. The van der Waals surface area contributed by atoms with Gasteiger partial charge in [-0.3, -0.25) is 14.4 Å². The molecule has 2 amide bonds. The second-order valence-corrected chi connectivity index (χ2v) is 7.52. The normalized spacial score (nSPS) is 9.29. The Balaban J connectivity index is 0.000000255. The van der Waals surface area contributed by atoms with E-state index < -0.39 is 0 Å². The first kappa shape index (κ1) is 28.1. The molecule has 0 aliphatic heterocycles. The van der Waals surface area contributed by atoms with E-state index in [0.717, 1.165) is 16.7 Å². The molecule has 0 aliphatic rings. The van der Waals surface area contributed by atoms with Crippen LogP contribution < -0.4 is 5.32 Å². The molecule has 34 heavy (non-hydrogen) atoms. The average Bonchev–Trinajstić information content (AvgIpc) is 2.84. The lowest BCUT2D eigenvalue weighted by Crippen LogP contribution is -2.22. The molecule has 0 unspecified atom stereocenters.